The van der Waals surface area contributed by atoms with Crippen molar-refractivity contribution in [3.8, 4) is 16.9 Å². The number of benzene rings is 2. The van der Waals surface area contributed by atoms with Crippen molar-refractivity contribution in [3.05, 3.63) is 48.5 Å². The molecule has 148 valence electrons. The Bertz CT molecular complexity index is 603. The van der Waals surface area contributed by atoms with E-state index in [-0.39, 0.29) is 0 Å². The van der Waals surface area contributed by atoms with Crippen LogP contribution in [0.2, 0.25) is 0 Å². The summed E-state index contributed by atoms with van der Waals surface area (Å²) in [4.78, 5) is 1.38. The summed E-state index contributed by atoms with van der Waals surface area (Å²) < 4.78 is 5.80. The van der Waals surface area contributed by atoms with E-state index >= 15 is 0 Å². The van der Waals surface area contributed by atoms with Crippen LogP contribution in [-0.2, 0) is 0 Å². The predicted molar refractivity (Wildman–Crippen MR) is 121 cm³/mol. The van der Waals surface area contributed by atoms with Gasteiger partial charge in [-0.1, -0.05) is 83.1 Å². The average Bonchev–Trinajstić information content (AvgIpc) is 2.71. The first-order chi connectivity index (χ1) is 13.3. The first-order valence-electron chi connectivity index (χ1n) is 10.8. The van der Waals surface area contributed by atoms with E-state index in [9.17, 15) is 0 Å². The molecule has 27 heavy (non-hydrogen) atoms. The minimum atomic E-state index is 0.817. The van der Waals surface area contributed by atoms with Crippen molar-refractivity contribution in [2.75, 3.05) is 12.4 Å². The molecule has 0 fully saturated rings. The number of unbranched alkanes of at least 4 members (excludes halogenated alkanes) is 7. The number of rotatable bonds is 14. The Kier molecular flexibility index (Phi) is 11.1. The first kappa shape index (κ1) is 21.9. The highest BCUT2D eigenvalue weighted by molar-refractivity contribution is 7.99. The summed E-state index contributed by atoms with van der Waals surface area (Å²) in [5.74, 6) is 2.20. The van der Waals surface area contributed by atoms with Crippen LogP contribution >= 0.6 is 11.8 Å². The summed E-state index contributed by atoms with van der Waals surface area (Å²) in [7, 11) is 0. The van der Waals surface area contributed by atoms with Gasteiger partial charge in [0.15, 0.2) is 0 Å². The van der Waals surface area contributed by atoms with Crippen LogP contribution in [0, 0.1) is 0 Å². The molecule has 0 aliphatic heterocycles. The van der Waals surface area contributed by atoms with Crippen molar-refractivity contribution in [2.45, 2.75) is 76.5 Å². The third kappa shape index (κ3) is 8.88. The van der Waals surface area contributed by atoms with E-state index in [1.165, 1.54) is 73.1 Å². The highest BCUT2D eigenvalue weighted by Crippen LogP contribution is 2.26. The van der Waals surface area contributed by atoms with E-state index < -0.39 is 0 Å². The van der Waals surface area contributed by atoms with Gasteiger partial charge in [0.1, 0.15) is 5.75 Å². The zero-order chi connectivity index (χ0) is 19.2. The smallest absolute Gasteiger partial charge is 0.119 e. The number of ether oxygens (including phenoxy) is 1. The number of hydrogen-bond acceptors (Lipinski definition) is 2. The molecule has 0 bridgehead atoms. The summed E-state index contributed by atoms with van der Waals surface area (Å²) in [6.07, 6.45) is 11.8. The Labute approximate surface area is 170 Å². The lowest BCUT2D eigenvalue weighted by Gasteiger charge is -2.08. The monoisotopic (exact) mass is 384 g/mol. The fraction of sp³-hybridized carbons (Fsp3) is 0.520. The molecular formula is C25H36OS. The minimum absolute atomic E-state index is 0.817. The number of thioether (sulfide) groups is 1. The molecule has 2 aromatic carbocycles. The van der Waals surface area contributed by atoms with Crippen molar-refractivity contribution in [1.82, 2.24) is 0 Å². The molecule has 0 unspecified atom stereocenters. The zero-order valence-corrected chi connectivity index (χ0v) is 18.0. The van der Waals surface area contributed by atoms with Crippen molar-refractivity contribution in [1.29, 1.82) is 0 Å². The fourth-order valence-electron chi connectivity index (χ4n) is 3.10. The molecule has 0 amide bonds. The lowest BCUT2D eigenvalue weighted by Crippen LogP contribution is -1.96. The summed E-state index contributed by atoms with van der Waals surface area (Å²) >= 11 is 1.98. The van der Waals surface area contributed by atoms with Crippen molar-refractivity contribution >= 4 is 11.8 Å². The van der Waals surface area contributed by atoms with Crippen LogP contribution in [0.25, 0.3) is 11.1 Å². The van der Waals surface area contributed by atoms with Crippen LogP contribution in [0.1, 0.15) is 71.6 Å². The molecular weight excluding hydrogens is 348 g/mol. The molecule has 0 aliphatic rings. The van der Waals surface area contributed by atoms with Gasteiger partial charge in [-0.15, -0.1) is 11.8 Å². The van der Waals surface area contributed by atoms with Gasteiger partial charge < -0.3 is 4.74 Å². The van der Waals surface area contributed by atoms with Gasteiger partial charge in [-0.2, -0.15) is 0 Å². The van der Waals surface area contributed by atoms with Crippen LogP contribution in [0.15, 0.2) is 53.4 Å². The van der Waals surface area contributed by atoms with E-state index in [1.807, 2.05) is 11.8 Å². The highest BCUT2D eigenvalue weighted by Gasteiger charge is 2.01. The Morgan fingerprint density at radius 2 is 1.19 bits per heavy atom. The molecule has 0 spiro atoms. The summed E-state index contributed by atoms with van der Waals surface area (Å²) in [5.41, 5.74) is 2.53. The van der Waals surface area contributed by atoms with Gasteiger partial charge in [-0.3, -0.25) is 0 Å². The summed E-state index contributed by atoms with van der Waals surface area (Å²) in [6.45, 7) is 5.31. The van der Waals surface area contributed by atoms with Crippen LogP contribution in [-0.4, -0.2) is 12.4 Å². The largest absolute Gasteiger partial charge is 0.494 e. The van der Waals surface area contributed by atoms with Gasteiger partial charge in [0.05, 0.1) is 6.61 Å². The molecule has 0 heterocycles. The van der Waals surface area contributed by atoms with Gasteiger partial charge in [-0.05, 0) is 54.0 Å². The molecule has 0 saturated heterocycles. The second-order valence-corrected chi connectivity index (χ2v) is 8.39. The van der Waals surface area contributed by atoms with Gasteiger partial charge in [0.25, 0.3) is 0 Å². The normalized spacial score (nSPS) is 10.9. The molecule has 2 heteroatoms. The molecule has 0 radical (unpaired) electrons. The topological polar surface area (TPSA) is 9.23 Å². The maximum Gasteiger partial charge on any atom is 0.119 e. The van der Waals surface area contributed by atoms with E-state index in [0.717, 1.165) is 18.8 Å². The van der Waals surface area contributed by atoms with Crippen molar-refractivity contribution in [2.24, 2.45) is 0 Å². The standard InChI is InChI=1S/C25H36OS/c1-3-5-7-8-9-11-21-27-25-18-14-23(15-19-25)22-12-16-24(17-13-22)26-20-10-6-4-2/h12-19H,3-11,20-21H2,1-2H3. The molecule has 0 saturated carbocycles. The Hall–Kier alpha value is -1.41. The second kappa shape index (κ2) is 13.7. The Balaban J connectivity index is 1.72. The molecule has 2 aromatic rings. The van der Waals surface area contributed by atoms with E-state index in [1.54, 1.807) is 0 Å². The molecule has 0 atom stereocenters. The number of hydrogen-bond donors (Lipinski definition) is 0. The van der Waals surface area contributed by atoms with E-state index in [4.69, 9.17) is 4.74 Å². The lowest BCUT2D eigenvalue weighted by atomic mass is 10.1. The molecule has 0 aliphatic carbocycles. The summed E-state index contributed by atoms with van der Waals surface area (Å²) in [5, 5.41) is 0. The van der Waals surface area contributed by atoms with Crippen LogP contribution in [0.4, 0.5) is 0 Å². The van der Waals surface area contributed by atoms with Gasteiger partial charge in [-0.25, -0.2) is 0 Å². The first-order valence-corrected chi connectivity index (χ1v) is 11.8. The Morgan fingerprint density at radius 1 is 0.630 bits per heavy atom. The molecule has 1 nitrogen and oxygen atoms in total. The van der Waals surface area contributed by atoms with Crippen molar-refractivity contribution in [3.63, 3.8) is 0 Å². The van der Waals surface area contributed by atoms with Gasteiger partial charge in [0.2, 0.25) is 0 Å². The third-order valence-corrected chi connectivity index (χ3v) is 5.92. The zero-order valence-electron chi connectivity index (χ0n) is 17.2. The SMILES string of the molecule is CCCCCCCCSc1ccc(-c2ccc(OCCCCC)cc2)cc1. The highest BCUT2D eigenvalue weighted by atomic mass is 32.2. The minimum Gasteiger partial charge on any atom is -0.494 e. The van der Waals surface area contributed by atoms with Gasteiger partial charge in [0, 0.05) is 4.90 Å². The molecule has 2 rings (SSSR count). The van der Waals surface area contributed by atoms with Gasteiger partial charge >= 0.3 is 0 Å². The average molecular weight is 385 g/mol. The predicted octanol–water partition coefficient (Wildman–Crippen LogP) is 8.38. The lowest BCUT2D eigenvalue weighted by molar-refractivity contribution is 0.306. The summed E-state index contributed by atoms with van der Waals surface area (Å²) in [6, 6.07) is 17.5. The van der Waals surface area contributed by atoms with Crippen LogP contribution < -0.4 is 4.74 Å². The quantitative estimate of drug-likeness (QED) is 0.239. The van der Waals surface area contributed by atoms with E-state index in [0.29, 0.717) is 0 Å². The van der Waals surface area contributed by atoms with Crippen LogP contribution in [0.5, 0.6) is 5.75 Å². The fourth-order valence-corrected chi connectivity index (χ4v) is 4.01. The van der Waals surface area contributed by atoms with Crippen LogP contribution in [0.3, 0.4) is 0 Å². The maximum atomic E-state index is 5.80. The maximum absolute atomic E-state index is 5.80. The molecule has 0 aromatic heterocycles. The van der Waals surface area contributed by atoms with E-state index in [2.05, 4.69) is 62.4 Å². The van der Waals surface area contributed by atoms with Crippen molar-refractivity contribution < 1.29 is 4.74 Å². The third-order valence-electron chi connectivity index (χ3n) is 4.83. The second-order valence-electron chi connectivity index (χ2n) is 7.22. The molecule has 0 N–H and O–H groups in total. The Morgan fingerprint density at radius 3 is 1.85 bits per heavy atom.